The average Bonchev–Trinajstić information content (AvgIpc) is 2.45. The lowest BCUT2D eigenvalue weighted by molar-refractivity contribution is 0.591. The minimum absolute atomic E-state index is 0.0486. The Labute approximate surface area is 128 Å². The van der Waals surface area contributed by atoms with Crippen molar-refractivity contribution in [2.45, 2.75) is 26.2 Å². The molecule has 0 aliphatic heterocycles. The molecule has 0 N–H and O–H groups in total. The number of rotatable bonds is 1. The third-order valence-corrected chi connectivity index (χ3v) is 4.93. The zero-order chi connectivity index (χ0) is 15.2. The van der Waals surface area contributed by atoms with E-state index in [0.717, 1.165) is 25.7 Å². The second-order valence-electron chi connectivity index (χ2n) is 6.35. The van der Waals surface area contributed by atoms with Gasteiger partial charge in [0.1, 0.15) is 0 Å². The maximum Gasteiger partial charge on any atom is 0.195 e. The topological polar surface area (TPSA) is 17.1 Å². The van der Waals surface area contributed by atoms with Crippen LogP contribution < -0.4 is 5.43 Å². The van der Waals surface area contributed by atoms with Crippen molar-refractivity contribution < 1.29 is 0 Å². The zero-order valence-electron chi connectivity index (χ0n) is 12.6. The molecule has 0 amide bonds. The molecule has 0 aliphatic rings. The van der Waals surface area contributed by atoms with Crippen molar-refractivity contribution in [2.75, 3.05) is 0 Å². The lowest BCUT2D eigenvalue weighted by Gasteiger charge is -2.19. The number of hydrogen-bond acceptors (Lipinski definition) is 2. The largest absolute Gasteiger partial charge is 0.289 e. The molecule has 1 nitrogen and oxygen atoms in total. The van der Waals surface area contributed by atoms with Gasteiger partial charge in [-0.15, -0.1) is 11.3 Å². The standard InChI is InChI=1S/C19H18OS/c1-5-12-6-8-14-17(10-12)21-16-9-7-13(19(2,3)4)11-15(16)18(14)20/h5-11H,1H2,2-4H3. The van der Waals surface area contributed by atoms with E-state index in [1.807, 2.05) is 24.3 Å². The number of hydrogen-bond donors (Lipinski definition) is 0. The molecule has 0 bridgehead atoms. The second kappa shape index (κ2) is 4.81. The number of benzene rings is 2. The van der Waals surface area contributed by atoms with E-state index in [2.05, 4.69) is 45.5 Å². The molecule has 0 unspecified atom stereocenters. The summed E-state index contributed by atoms with van der Waals surface area (Å²) < 4.78 is 2.06. The van der Waals surface area contributed by atoms with E-state index >= 15 is 0 Å². The smallest absolute Gasteiger partial charge is 0.195 e. The molecule has 106 valence electrons. The van der Waals surface area contributed by atoms with Gasteiger partial charge in [0.15, 0.2) is 5.43 Å². The maximum absolute atomic E-state index is 12.7. The summed E-state index contributed by atoms with van der Waals surface area (Å²) in [6, 6.07) is 12.1. The third kappa shape index (κ3) is 2.40. The summed E-state index contributed by atoms with van der Waals surface area (Å²) in [5.74, 6) is 0. The van der Waals surface area contributed by atoms with Crippen LogP contribution in [0.5, 0.6) is 0 Å². The Hall–Kier alpha value is -1.93. The van der Waals surface area contributed by atoms with Crippen LogP contribution in [0, 0.1) is 0 Å². The summed E-state index contributed by atoms with van der Waals surface area (Å²) >= 11 is 1.67. The zero-order valence-corrected chi connectivity index (χ0v) is 13.4. The van der Waals surface area contributed by atoms with Gasteiger partial charge in [0.05, 0.1) is 0 Å². The van der Waals surface area contributed by atoms with Crippen LogP contribution in [0.2, 0.25) is 0 Å². The van der Waals surface area contributed by atoms with Crippen LogP contribution in [0.15, 0.2) is 47.8 Å². The molecular weight excluding hydrogens is 276 g/mol. The van der Waals surface area contributed by atoms with Crippen LogP contribution in [-0.4, -0.2) is 0 Å². The molecule has 21 heavy (non-hydrogen) atoms. The molecule has 0 spiro atoms. The van der Waals surface area contributed by atoms with Gasteiger partial charge in [0.2, 0.25) is 0 Å². The van der Waals surface area contributed by atoms with Crippen molar-refractivity contribution in [3.63, 3.8) is 0 Å². The van der Waals surface area contributed by atoms with Crippen molar-refractivity contribution in [1.29, 1.82) is 0 Å². The first-order valence-corrected chi connectivity index (χ1v) is 7.85. The molecule has 0 saturated heterocycles. The second-order valence-corrected chi connectivity index (χ2v) is 7.44. The van der Waals surface area contributed by atoms with E-state index < -0.39 is 0 Å². The normalized spacial score (nSPS) is 12.0. The summed E-state index contributed by atoms with van der Waals surface area (Å²) in [4.78, 5) is 12.7. The fourth-order valence-corrected chi connectivity index (χ4v) is 3.56. The SMILES string of the molecule is C=Cc1ccc2c(=O)c3cc(C(C)(C)C)ccc3sc2c1. The Morgan fingerprint density at radius 3 is 2.43 bits per heavy atom. The van der Waals surface area contributed by atoms with Crippen molar-refractivity contribution in [1.82, 2.24) is 0 Å². The van der Waals surface area contributed by atoms with Gasteiger partial charge in [-0.25, -0.2) is 0 Å². The predicted octanol–water partition coefficient (Wildman–Crippen LogP) is 5.36. The molecule has 0 aliphatic carbocycles. The van der Waals surface area contributed by atoms with Gasteiger partial charge < -0.3 is 0 Å². The molecule has 1 heterocycles. The van der Waals surface area contributed by atoms with Crippen LogP contribution in [0.1, 0.15) is 31.9 Å². The Balaban J connectivity index is 2.39. The van der Waals surface area contributed by atoms with Crippen molar-refractivity contribution >= 4 is 37.6 Å². The lowest BCUT2D eigenvalue weighted by Crippen LogP contribution is -2.12. The highest BCUT2D eigenvalue weighted by atomic mass is 32.1. The molecule has 3 rings (SSSR count). The molecule has 2 heteroatoms. The first-order valence-electron chi connectivity index (χ1n) is 7.04. The molecule has 0 saturated carbocycles. The van der Waals surface area contributed by atoms with Gasteiger partial charge in [-0.3, -0.25) is 4.79 Å². The van der Waals surface area contributed by atoms with E-state index in [0.29, 0.717) is 0 Å². The first-order chi connectivity index (χ1) is 9.90. The minimum atomic E-state index is 0.0486. The highest BCUT2D eigenvalue weighted by Gasteiger charge is 2.15. The van der Waals surface area contributed by atoms with E-state index in [4.69, 9.17) is 0 Å². The Morgan fingerprint density at radius 2 is 1.76 bits per heavy atom. The van der Waals surface area contributed by atoms with E-state index in [-0.39, 0.29) is 10.8 Å². The van der Waals surface area contributed by atoms with Crippen LogP contribution >= 0.6 is 11.3 Å². The Morgan fingerprint density at radius 1 is 1.00 bits per heavy atom. The molecule has 0 atom stereocenters. The van der Waals surface area contributed by atoms with Gasteiger partial charge in [-0.1, -0.05) is 45.6 Å². The van der Waals surface area contributed by atoms with Crippen LogP contribution in [0.3, 0.4) is 0 Å². The van der Waals surface area contributed by atoms with E-state index in [1.165, 1.54) is 5.56 Å². The van der Waals surface area contributed by atoms with Crippen LogP contribution in [0.4, 0.5) is 0 Å². The van der Waals surface area contributed by atoms with E-state index in [1.54, 1.807) is 11.3 Å². The summed E-state index contributed by atoms with van der Waals surface area (Å²) in [6.45, 7) is 10.3. The summed E-state index contributed by atoms with van der Waals surface area (Å²) in [6.07, 6.45) is 1.81. The Kier molecular flexibility index (Phi) is 3.22. The van der Waals surface area contributed by atoms with Crippen molar-refractivity contribution in [3.05, 3.63) is 64.3 Å². The average molecular weight is 294 g/mol. The van der Waals surface area contributed by atoms with Gasteiger partial charge >= 0.3 is 0 Å². The maximum atomic E-state index is 12.7. The van der Waals surface area contributed by atoms with Gasteiger partial charge in [0.25, 0.3) is 0 Å². The highest BCUT2D eigenvalue weighted by Crippen LogP contribution is 2.30. The predicted molar refractivity (Wildman–Crippen MR) is 94.4 cm³/mol. The summed E-state index contributed by atoms with van der Waals surface area (Å²) in [7, 11) is 0. The van der Waals surface area contributed by atoms with Crippen molar-refractivity contribution in [2.24, 2.45) is 0 Å². The number of fused-ring (bicyclic) bond motifs is 2. The molecule has 1 aromatic heterocycles. The minimum Gasteiger partial charge on any atom is -0.289 e. The van der Waals surface area contributed by atoms with Crippen LogP contribution in [0.25, 0.3) is 26.2 Å². The third-order valence-electron chi connectivity index (χ3n) is 3.80. The monoisotopic (exact) mass is 294 g/mol. The van der Waals surface area contributed by atoms with E-state index in [9.17, 15) is 4.79 Å². The van der Waals surface area contributed by atoms with Crippen molar-refractivity contribution in [3.8, 4) is 0 Å². The lowest BCUT2D eigenvalue weighted by atomic mass is 9.86. The first kappa shape index (κ1) is 14.0. The van der Waals surface area contributed by atoms with Gasteiger partial charge in [-0.05, 0) is 40.8 Å². The molecular formula is C19H18OS. The summed E-state index contributed by atoms with van der Waals surface area (Å²) in [5, 5.41) is 1.62. The fourth-order valence-electron chi connectivity index (χ4n) is 2.46. The summed E-state index contributed by atoms with van der Waals surface area (Å²) in [5.41, 5.74) is 2.41. The fraction of sp³-hybridized carbons (Fsp3) is 0.211. The highest BCUT2D eigenvalue weighted by molar-refractivity contribution is 7.24. The molecule has 0 radical (unpaired) electrons. The molecule has 2 aromatic carbocycles. The molecule has 0 fully saturated rings. The quantitative estimate of drug-likeness (QED) is 0.552. The van der Waals surface area contributed by atoms with Gasteiger partial charge in [-0.2, -0.15) is 0 Å². The Bertz CT molecular complexity index is 910. The molecule has 3 aromatic rings. The van der Waals surface area contributed by atoms with Gasteiger partial charge in [0, 0.05) is 20.2 Å². The van der Waals surface area contributed by atoms with Crippen LogP contribution in [-0.2, 0) is 5.41 Å².